The zero-order valence-electron chi connectivity index (χ0n) is 10.3. The van der Waals surface area contributed by atoms with Crippen molar-refractivity contribution in [2.24, 2.45) is 0 Å². The molecule has 0 aromatic rings. The third-order valence-electron chi connectivity index (χ3n) is 0. The van der Waals surface area contributed by atoms with Crippen molar-refractivity contribution in [2.45, 2.75) is 0 Å². The molecule has 0 heterocycles. The molecule has 0 saturated carbocycles. The molecule has 0 rings (SSSR count). The van der Waals surface area contributed by atoms with Gasteiger partial charge in [0.15, 0.2) is 0 Å². The first-order valence-electron chi connectivity index (χ1n) is 2.00. The first-order chi connectivity index (χ1) is 6.00. The van der Waals surface area contributed by atoms with E-state index >= 15 is 0 Å². The van der Waals surface area contributed by atoms with Crippen LogP contribution in [-0.2, 0) is 96.6 Å². The third kappa shape index (κ3) is 4410. The number of rotatable bonds is 0. The van der Waals surface area contributed by atoms with Crippen LogP contribution in [0.2, 0.25) is 0 Å². The Balaban J connectivity index is -0.00000000889. The predicted octanol–water partition coefficient (Wildman–Crippen LogP) is -8.97. The number of hydrogen-bond donors (Lipinski definition) is 0. The summed E-state index contributed by atoms with van der Waals surface area (Å²) in [7, 11) is -15.5. The maximum absolute atomic E-state index is 8.52. The average molecular weight is 574 g/mol. The van der Waals surface area contributed by atoms with Gasteiger partial charge in [0.25, 0.3) is 0 Å². The Morgan fingerprint density at radius 3 is 0.348 bits per heavy atom. The van der Waals surface area contributed by atoms with E-state index in [9.17, 15) is 0 Å². The van der Waals surface area contributed by atoms with Crippen LogP contribution in [0.4, 0.5) is 0 Å². The van der Waals surface area contributed by atoms with Gasteiger partial charge in [0, 0.05) is 31.2 Å². The van der Waals surface area contributed by atoms with Gasteiger partial charge in [0.05, 0.1) is 0 Å². The van der Waals surface area contributed by atoms with E-state index in [2.05, 4.69) is 0 Å². The Labute approximate surface area is 180 Å². The molecule has 0 radical (unpaired) electrons. The van der Waals surface area contributed by atoms with Gasteiger partial charge in [-0.05, 0) is 0 Å². The molecule has 0 fully saturated rings. The summed E-state index contributed by atoms with van der Waals surface area (Å²) < 4.78 is 102. The van der Waals surface area contributed by atoms with Crippen molar-refractivity contribution in [3.8, 4) is 0 Å². The first kappa shape index (κ1) is 74.1. The van der Waals surface area contributed by atoms with Crippen molar-refractivity contribution in [1.29, 1.82) is 0 Å². The molecule has 0 amide bonds. The van der Waals surface area contributed by atoms with Crippen LogP contribution < -0.4 is 0 Å². The van der Waals surface area contributed by atoms with Crippen molar-refractivity contribution in [2.75, 3.05) is 0 Å². The molecule has 144 valence electrons. The smallest absolute Gasteiger partial charge is 0.759 e. The standard InChI is InChI=1S/3H2O4S.6H2O.2Y/c3*1-5(2,3)4;;;;;;;;/h3*(H2,1,2,3,4);6*1H2;;/q;;;;;;;;;2*+3/p-6. The van der Waals surface area contributed by atoms with Crippen LogP contribution in [0, 0.1) is 0 Å². The Morgan fingerprint density at radius 2 is 0.348 bits per heavy atom. The average Bonchev–Trinajstić information content (AvgIpc) is 1.41. The van der Waals surface area contributed by atoms with Crippen LogP contribution in [0.25, 0.3) is 0 Å². The van der Waals surface area contributed by atoms with E-state index in [4.69, 9.17) is 52.6 Å². The fourth-order valence-corrected chi connectivity index (χ4v) is 0. The second-order valence-corrected chi connectivity index (χ2v) is 3.67. The van der Waals surface area contributed by atoms with Crippen LogP contribution in [0.5, 0.6) is 0 Å². The van der Waals surface area contributed by atoms with E-state index in [1.54, 1.807) is 0 Å². The van der Waals surface area contributed by atoms with Gasteiger partial charge >= 0.3 is 65.4 Å². The van der Waals surface area contributed by atoms with E-state index in [-0.39, 0.29) is 98.3 Å². The van der Waals surface area contributed by atoms with Gasteiger partial charge in [-0.15, -0.1) is 0 Å². The Morgan fingerprint density at radius 1 is 0.348 bits per heavy atom. The van der Waals surface area contributed by atoms with Crippen LogP contribution in [0.1, 0.15) is 0 Å². The summed E-state index contributed by atoms with van der Waals surface area (Å²) >= 11 is 0. The van der Waals surface area contributed by atoms with Crippen molar-refractivity contribution < 1.29 is 151 Å². The summed E-state index contributed by atoms with van der Waals surface area (Å²) in [4.78, 5) is 0. The van der Waals surface area contributed by atoms with Gasteiger partial charge in [-0.2, -0.15) is 0 Å². The van der Waals surface area contributed by atoms with Gasteiger partial charge in [0.2, 0.25) is 0 Å². The van der Waals surface area contributed by atoms with Gasteiger partial charge in [-0.25, -0.2) is 0 Å². The third-order valence-corrected chi connectivity index (χ3v) is 0. The molecule has 0 spiro atoms. The van der Waals surface area contributed by atoms with Gasteiger partial charge < -0.3 is 60.2 Å². The fourth-order valence-electron chi connectivity index (χ4n) is 0. The maximum Gasteiger partial charge on any atom is 3.00 e. The molecular formula is H12O18S3Y2. The molecule has 0 saturated heterocycles. The maximum atomic E-state index is 8.52. The van der Waals surface area contributed by atoms with Crippen LogP contribution >= 0.6 is 0 Å². The van der Waals surface area contributed by atoms with Gasteiger partial charge in [0.1, 0.15) is 0 Å². The summed E-state index contributed by atoms with van der Waals surface area (Å²) in [6, 6.07) is 0. The quantitative estimate of drug-likeness (QED) is 0.192. The summed E-state index contributed by atoms with van der Waals surface area (Å²) in [5, 5.41) is 0. The molecule has 18 nitrogen and oxygen atoms in total. The van der Waals surface area contributed by atoms with Crippen molar-refractivity contribution in [3.63, 3.8) is 0 Å². The molecule has 0 bridgehead atoms. The number of hydrogen-bond acceptors (Lipinski definition) is 12. The molecule has 12 N–H and O–H groups in total. The summed E-state index contributed by atoms with van der Waals surface area (Å²) in [6.45, 7) is 0. The molecule has 0 aliphatic carbocycles. The largest absolute Gasteiger partial charge is 3.00 e. The van der Waals surface area contributed by atoms with E-state index in [1.807, 2.05) is 0 Å². The minimum atomic E-state index is -5.17. The zero-order valence-corrected chi connectivity index (χ0v) is 18.4. The minimum absolute atomic E-state index is 0. The van der Waals surface area contributed by atoms with E-state index < -0.39 is 31.2 Å². The molecule has 23 heavy (non-hydrogen) atoms. The summed E-state index contributed by atoms with van der Waals surface area (Å²) in [5.74, 6) is 0. The molecule has 0 aliphatic heterocycles. The fraction of sp³-hybridized carbons (Fsp3) is 0. The predicted molar refractivity (Wildman–Crippen MR) is 53.1 cm³/mol. The van der Waals surface area contributed by atoms with E-state index in [0.717, 1.165) is 0 Å². The van der Waals surface area contributed by atoms with Crippen LogP contribution in [0.3, 0.4) is 0 Å². The zero-order chi connectivity index (χ0) is 13.5. The molecule has 0 aliphatic rings. The van der Waals surface area contributed by atoms with E-state index in [0.29, 0.717) is 0 Å². The summed E-state index contributed by atoms with van der Waals surface area (Å²) in [5.41, 5.74) is 0. The Kier molecular flexibility index (Phi) is 101. The van der Waals surface area contributed by atoms with Gasteiger partial charge in [-0.1, -0.05) is 0 Å². The molecule has 0 atom stereocenters. The second-order valence-electron chi connectivity index (χ2n) is 1.22. The molecule has 0 unspecified atom stereocenters. The van der Waals surface area contributed by atoms with Crippen molar-refractivity contribution in [1.82, 2.24) is 0 Å². The van der Waals surface area contributed by atoms with Crippen LogP contribution in [0.15, 0.2) is 0 Å². The Hall–Kier alpha value is 1.58. The summed E-state index contributed by atoms with van der Waals surface area (Å²) in [6.07, 6.45) is 0. The molecule has 23 heteroatoms. The molecule has 0 aromatic carbocycles. The topological polar surface area (TPSA) is 430 Å². The Bertz CT molecular complexity index is 343. The van der Waals surface area contributed by atoms with Crippen molar-refractivity contribution >= 4 is 31.2 Å². The normalized spacial score (nSPS) is 7.57. The van der Waals surface area contributed by atoms with Gasteiger partial charge in [-0.3, -0.25) is 25.3 Å². The minimum Gasteiger partial charge on any atom is -0.759 e. The van der Waals surface area contributed by atoms with Crippen molar-refractivity contribution in [3.05, 3.63) is 0 Å². The van der Waals surface area contributed by atoms with Crippen LogP contribution in [-0.4, -0.2) is 85.4 Å². The first-order valence-corrected chi connectivity index (χ1v) is 6.00. The molecule has 0 aromatic heterocycles. The second kappa shape index (κ2) is 31.4. The SMILES string of the molecule is O.O.O.O.O.O.O=S(=O)([O-])[O-].O=S(=O)([O-])[O-].O=S(=O)([O-])[O-].[Y+3].[Y+3]. The monoisotopic (exact) mass is 574 g/mol. The molecular weight excluding hydrogens is 562 g/mol. The van der Waals surface area contributed by atoms with E-state index in [1.165, 1.54) is 0 Å².